The molecule has 0 saturated carbocycles. The lowest BCUT2D eigenvalue weighted by Crippen LogP contribution is -2.14. The molecular weight excluding hydrogens is 190 g/mol. The van der Waals surface area contributed by atoms with Crippen molar-refractivity contribution in [3.05, 3.63) is 48.3 Å². The van der Waals surface area contributed by atoms with Crippen molar-refractivity contribution in [2.24, 2.45) is 5.73 Å². The van der Waals surface area contributed by atoms with Crippen molar-refractivity contribution in [1.29, 1.82) is 0 Å². The summed E-state index contributed by atoms with van der Waals surface area (Å²) in [6.45, 7) is 0. The van der Waals surface area contributed by atoms with Gasteiger partial charge in [-0.2, -0.15) is 5.10 Å². The third kappa shape index (κ3) is 2.22. The maximum atomic E-state index is 10.7. The zero-order valence-corrected chi connectivity index (χ0v) is 8.13. The van der Waals surface area contributed by atoms with Crippen LogP contribution in [-0.2, 0) is 11.2 Å². The van der Waals surface area contributed by atoms with Crippen LogP contribution in [0, 0.1) is 0 Å². The fourth-order valence-corrected chi connectivity index (χ4v) is 1.36. The number of carbonyl (C=O) groups is 1. The molecule has 2 aromatic rings. The van der Waals surface area contributed by atoms with Gasteiger partial charge in [0.05, 0.1) is 17.8 Å². The van der Waals surface area contributed by atoms with Gasteiger partial charge in [-0.05, 0) is 18.2 Å². The number of nitrogens with zero attached hydrogens (tertiary/aromatic N) is 2. The Morgan fingerprint density at radius 3 is 2.67 bits per heavy atom. The smallest absolute Gasteiger partial charge is 0.223 e. The number of nitrogens with two attached hydrogens (primary N) is 1. The van der Waals surface area contributed by atoms with Gasteiger partial charge in [0, 0.05) is 6.20 Å². The average molecular weight is 201 g/mol. The molecule has 2 rings (SSSR count). The normalized spacial score (nSPS) is 10.1. The van der Waals surface area contributed by atoms with Gasteiger partial charge in [-0.25, -0.2) is 4.68 Å². The molecule has 0 unspecified atom stereocenters. The van der Waals surface area contributed by atoms with E-state index in [9.17, 15) is 4.79 Å². The fourth-order valence-electron chi connectivity index (χ4n) is 1.36. The lowest BCUT2D eigenvalue weighted by atomic mass is 10.3. The van der Waals surface area contributed by atoms with Gasteiger partial charge in [0.1, 0.15) is 0 Å². The van der Waals surface area contributed by atoms with Crippen LogP contribution in [0.2, 0.25) is 0 Å². The van der Waals surface area contributed by atoms with Gasteiger partial charge < -0.3 is 5.73 Å². The highest BCUT2D eigenvalue weighted by atomic mass is 16.1. The second kappa shape index (κ2) is 3.96. The number of carbonyl (C=O) groups excluding carboxylic acids is 1. The van der Waals surface area contributed by atoms with E-state index in [0.29, 0.717) is 5.69 Å². The number of amides is 1. The summed E-state index contributed by atoms with van der Waals surface area (Å²) in [6, 6.07) is 11.5. The first kappa shape index (κ1) is 9.45. The van der Waals surface area contributed by atoms with Gasteiger partial charge >= 0.3 is 0 Å². The molecule has 0 bridgehead atoms. The first-order chi connectivity index (χ1) is 7.25. The van der Waals surface area contributed by atoms with Crippen LogP contribution in [0.15, 0.2) is 42.6 Å². The van der Waals surface area contributed by atoms with Crippen molar-refractivity contribution in [3.63, 3.8) is 0 Å². The van der Waals surface area contributed by atoms with Crippen molar-refractivity contribution < 1.29 is 4.79 Å². The summed E-state index contributed by atoms with van der Waals surface area (Å²) in [5, 5.41) is 4.24. The first-order valence-electron chi connectivity index (χ1n) is 4.64. The Balaban J connectivity index is 2.24. The van der Waals surface area contributed by atoms with Crippen LogP contribution in [0.5, 0.6) is 0 Å². The van der Waals surface area contributed by atoms with E-state index >= 15 is 0 Å². The lowest BCUT2D eigenvalue weighted by Gasteiger charge is -1.99. The van der Waals surface area contributed by atoms with Gasteiger partial charge in [-0.3, -0.25) is 4.79 Å². The summed E-state index contributed by atoms with van der Waals surface area (Å²) in [5.41, 5.74) is 6.74. The summed E-state index contributed by atoms with van der Waals surface area (Å²) in [5.74, 6) is -0.367. The molecule has 0 aliphatic heterocycles. The highest BCUT2D eigenvalue weighted by molar-refractivity contribution is 5.76. The zero-order valence-electron chi connectivity index (χ0n) is 8.13. The van der Waals surface area contributed by atoms with Crippen LogP contribution < -0.4 is 5.73 Å². The van der Waals surface area contributed by atoms with E-state index in [1.165, 1.54) is 0 Å². The minimum atomic E-state index is -0.367. The fraction of sp³-hybridized carbons (Fsp3) is 0.0909. The molecule has 0 aliphatic carbocycles. The predicted molar refractivity (Wildman–Crippen MR) is 56.5 cm³/mol. The summed E-state index contributed by atoms with van der Waals surface area (Å²) < 4.78 is 1.72. The number of rotatable bonds is 3. The van der Waals surface area contributed by atoms with Crippen molar-refractivity contribution in [2.45, 2.75) is 6.42 Å². The first-order valence-corrected chi connectivity index (χ1v) is 4.64. The molecule has 2 N–H and O–H groups in total. The van der Waals surface area contributed by atoms with E-state index < -0.39 is 0 Å². The molecule has 1 aromatic heterocycles. The molecule has 0 radical (unpaired) electrons. The molecule has 1 heterocycles. The summed E-state index contributed by atoms with van der Waals surface area (Å²) in [4.78, 5) is 10.7. The number of primary amides is 1. The summed E-state index contributed by atoms with van der Waals surface area (Å²) in [7, 11) is 0. The van der Waals surface area contributed by atoms with Crippen LogP contribution in [0.25, 0.3) is 5.69 Å². The molecule has 0 atom stereocenters. The van der Waals surface area contributed by atoms with E-state index in [-0.39, 0.29) is 12.3 Å². The predicted octanol–water partition coefficient (Wildman–Crippen LogP) is 0.900. The topological polar surface area (TPSA) is 60.9 Å². The standard InChI is InChI=1S/C11H11N3O/c12-11(15)8-9-6-7-14(13-9)10-4-2-1-3-5-10/h1-7H,8H2,(H2,12,15). The van der Waals surface area contributed by atoms with Gasteiger partial charge in [-0.1, -0.05) is 18.2 Å². The molecule has 1 amide bonds. The van der Waals surface area contributed by atoms with Crippen LogP contribution >= 0.6 is 0 Å². The Kier molecular flexibility index (Phi) is 2.49. The largest absolute Gasteiger partial charge is 0.369 e. The van der Waals surface area contributed by atoms with Gasteiger partial charge in [0.15, 0.2) is 0 Å². The van der Waals surface area contributed by atoms with Crippen LogP contribution in [0.4, 0.5) is 0 Å². The molecular formula is C11H11N3O. The van der Waals surface area contributed by atoms with Crippen LogP contribution in [0.3, 0.4) is 0 Å². The SMILES string of the molecule is NC(=O)Cc1ccn(-c2ccccc2)n1. The van der Waals surface area contributed by atoms with E-state index in [4.69, 9.17) is 5.73 Å². The number of para-hydroxylation sites is 1. The molecule has 76 valence electrons. The summed E-state index contributed by atoms with van der Waals surface area (Å²) >= 11 is 0. The van der Waals surface area contributed by atoms with Gasteiger partial charge in [0.2, 0.25) is 5.91 Å². The third-order valence-corrected chi connectivity index (χ3v) is 2.02. The molecule has 0 saturated heterocycles. The molecule has 4 heteroatoms. The van der Waals surface area contributed by atoms with Crippen molar-refractivity contribution in [1.82, 2.24) is 9.78 Å². The lowest BCUT2D eigenvalue weighted by molar-refractivity contribution is -0.117. The van der Waals surface area contributed by atoms with Crippen molar-refractivity contribution in [3.8, 4) is 5.69 Å². The maximum absolute atomic E-state index is 10.7. The van der Waals surface area contributed by atoms with Gasteiger partial charge in [0.25, 0.3) is 0 Å². The second-order valence-electron chi connectivity index (χ2n) is 3.23. The number of aromatic nitrogens is 2. The Morgan fingerprint density at radius 2 is 2.00 bits per heavy atom. The van der Waals surface area contributed by atoms with E-state index in [1.54, 1.807) is 10.7 Å². The van der Waals surface area contributed by atoms with Crippen molar-refractivity contribution in [2.75, 3.05) is 0 Å². The molecule has 15 heavy (non-hydrogen) atoms. The maximum Gasteiger partial charge on any atom is 0.223 e. The van der Waals surface area contributed by atoms with E-state index in [1.807, 2.05) is 36.5 Å². The zero-order chi connectivity index (χ0) is 10.7. The van der Waals surface area contributed by atoms with Gasteiger partial charge in [-0.15, -0.1) is 0 Å². The molecule has 1 aromatic carbocycles. The highest BCUT2D eigenvalue weighted by Crippen LogP contribution is 2.06. The quantitative estimate of drug-likeness (QED) is 0.802. The number of hydrogen-bond acceptors (Lipinski definition) is 2. The number of hydrogen-bond donors (Lipinski definition) is 1. The van der Waals surface area contributed by atoms with E-state index in [2.05, 4.69) is 5.10 Å². The minimum absolute atomic E-state index is 0.180. The van der Waals surface area contributed by atoms with Crippen LogP contribution in [-0.4, -0.2) is 15.7 Å². The Hall–Kier alpha value is -2.10. The Bertz CT molecular complexity index is 462. The average Bonchev–Trinajstić information content (AvgIpc) is 2.67. The summed E-state index contributed by atoms with van der Waals surface area (Å²) in [6.07, 6.45) is 1.99. The molecule has 0 fully saturated rings. The minimum Gasteiger partial charge on any atom is -0.369 e. The third-order valence-electron chi connectivity index (χ3n) is 2.02. The number of benzene rings is 1. The molecule has 0 spiro atoms. The Morgan fingerprint density at radius 1 is 1.27 bits per heavy atom. The molecule has 4 nitrogen and oxygen atoms in total. The van der Waals surface area contributed by atoms with Crippen LogP contribution in [0.1, 0.15) is 5.69 Å². The van der Waals surface area contributed by atoms with Crippen molar-refractivity contribution >= 4 is 5.91 Å². The Labute approximate surface area is 87.3 Å². The van der Waals surface area contributed by atoms with E-state index in [0.717, 1.165) is 5.69 Å². The second-order valence-corrected chi connectivity index (χ2v) is 3.23. The highest BCUT2D eigenvalue weighted by Gasteiger charge is 2.03. The molecule has 0 aliphatic rings. The monoisotopic (exact) mass is 201 g/mol.